The lowest BCUT2D eigenvalue weighted by molar-refractivity contribution is 0.578. The molecule has 0 bridgehead atoms. The Morgan fingerprint density at radius 3 is 1.96 bits per heavy atom. The molecule has 0 saturated heterocycles. The molecular weight excluding hydrogens is 328 g/mol. The van der Waals surface area contributed by atoms with E-state index in [4.69, 9.17) is 0 Å². The van der Waals surface area contributed by atoms with Gasteiger partial charge in [0.05, 0.1) is 6.04 Å². The molecular formula is C25H34N2. The summed E-state index contributed by atoms with van der Waals surface area (Å²) < 4.78 is 0. The number of rotatable bonds is 11. The summed E-state index contributed by atoms with van der Waals surface area (Å²) in [4.78, 5) is 0. The van der Waals surface area contributed by atoms with Crippen LogP contribution in [0.5, 0.6) is 0 Å². The Kier molecular flexibility index (Phi) is 9.61. The van der Waals surface area contributed by atoms with Crippen LogP contribution in [0.3, 0.4) is 0 Å². The van der Waals surface area contributed by atoms with Crippen LogP contribution in [0.15, 0.2) is 84.0 Å². The van der Waals surface area contributed by atoms with Crippen molar-refractivity contribution in [3.63, 3.8) is 0 Å². The maximum atomic E-state index is 3.70. The van der Waals surface area contributed by atoms with E-state index in [1.54, 1.807) is 0 Å². The van der Waals surface area contributed by atoms with Crippen molar-refractivity contribution < 1.29 is 0 Å². The van der Waals surface area contributed by atoms with E-state index in [-0.39, 0.29) is 6.04 Å². The lowest BCUT2D eigenvalue weighted by Gasteiger charge is -2.20. The van der Waals surface area contributed by atoms with Crippen molar-refractivity contribution in [2.75, 3.05) is 19.6 Å². The van der Waals surface area contributed by atoms with Gasteiger partial charge < -0.3 is 10.6 Å². The molecule has 27 heavy (non-hydrogen) atoms. The minimum Gasteiger partial charge on any atom is -0.312 e. The van der Waals surface area contributed by atoms with Crippen LogP contribution < -0.4 is 10.6 Å². The third kappa shape index (κ3) is 8.38. The summed E-state index contributed by atoms with van der Waals surface area (Å²) in [6.07, 6.45) is 6.91. The summed E-state index contributed by atoms with van der Waals surface area (Å²) in [7, 11) is 0. The maximum Gasteiger partial charge on any atom is 0.0577 e. The molecule has 2 N–H and O–H groups in total. The molecule has 0 aromatic heterocycles. The normalized spacial score (nSPS) is 11.6. The minimum atomic E-state index is 0.232. The van der Waals surface area contributed by atoms with Crippen molar-refractivity contribution >= 4 is 0 Å². The van der Waals surface area contributed by atoms with Crippen LogP contribution in [0.1, 0.15) is 50.8 Å². The van der Waals surface area contributed by atoms with E-state index in [2.05, 4.69) is 104 Å². The summed E-state index contributed by atoms with van der Waals surface area (Å²) in [5.74, 6) is 0. The Morgan fingerprint density at radius 2 is 1.41 bits per heavy atom. The number of allylic oxidation sites excluding steroid dienone is 3. The standard InChI is InChI=1S/C25H34N2/c1-21(2)11-10-12-22(3)17-18-26-19-20-27-25(23-13-6-4-7-14-23)24-15-8-5-9-16-24/h4-9,11,13-17,25-27H,10,12,18-20H2,1-3H3/b22-17+. The van der Waals surface area contributed by atoms with Gasteiger partial charge in [-0.2, -0.15) is 0 Å². The lowest BCUT2D eigenvalue weighted by atomic mass is 9.99. The summed E-state index contributed by atoms with van der Waals surface area (Å²) in [5, 5.41) is 7.22. The van der Waals surface area contributed by atoms with E-state index in [1.165, 1.54) is 22.3 Å². The van der Waals surface area contributed by atoms with Gasteiger partial charge in [0.1, 0.15) is 0 Å². The van der Waals surface area contributed by atoms with Gasteiger partial charge in [0.25, 0.3) is 0 Å². The fourth-order valence-corrected chi connectivity index (χ4v) is 3.06. The first kappa shape index (κ1) is 21.1. The molecule has 0 radical (unpaired) electrons. The molecule has 2 rings (SSSR count). The quantitative estimate of drug-likeness (QED) is 0.399. The highest BCUT2D eigenvalue weighted by Gasteiger charge is 2.12. The Hall–Kier alpha value is -2.16. The van der Waals surface area contributed by atoms with E-state index >= 15 is 0 Å². The highest BCUT2D eigenvalue weighted by Crippen LogP contribution is 2.21. The van der Waals surface area contributed by atoms with E-state index in [1.807, 2.05) is 0 Å². The highest BCUT2D eigenvalue weighted by molar-refractivity contribution is 5.31. The van der Waals surface area contributed by atoms with Gasteiger partial charge in [0, 0.05) is 19.6 Å². The average molecular weight is 363 g/mol. The first-order valence-electron chi connectivity index (χ1n) is 10.00. The van der Waals surface area contributed by atoms with E-state index in [0.717, 1.165) is 32.5 Å². The van der Waals surface area contributed by atoms with Gasteiger partial charge >= 0.3 is 0 Å². The zero-order chi connectivity index (χ0) is 19.3. The molecule has 0 aliphatic rings. The monoisotopic (exact) mass is 362 g/mol. The number of hydrogen-bond acceptors (Lipinski definition) is 2. The van der Waals surface area contributed by atoms with Gasteiger partial charge in [-0.1, -0.05) is 84.0 Å². The van der Waals surface area contributed by atoms with Crippen LogP contribution in [-0.4, -0.2) is 19.6 Å². The molecule has 2 nitrogen and oxygen atoms in total. The molecule has 2 heteroatoms. The Bertz CT molecular complexity index is 658. The summed E-state index contributed by atoms with van der Waals surface area (Å²) in [5.41, 5.74) is 5.47. The summed E-state index contributed by atoms with van der Waals surface area (Å²) in [6, 6.07) is 21.6. The van der Waals surface area contributed by atoms with Crippen molar-refractivity contribution in [1.29, 1.82) is 0 Å². The zero-order valence-electron chi connectivity index (χ0n) is 17.0. The molecule has 2 aromatic rings. The zero-order valence-corrected chi connectivity index (χ0v) is 17.0. The second-order valence-corrected chi connectivity index (χ2v) is 7.28. The van der Waals surface area contributed by atoms with E-state index in [9.17, 15) is 0 Å². The Balaban J connectivity index is 1.77. The minimum absolute atomic E-state index is 0.232. The lowest BCUT2D eigenvalue weighted by Crippen LogP contribution is -2.31. The van der Waals surface area contributed by atoms with Gasteiger partial charge in [-0.3, -0.25) is 0 Å². The van der Waals surface area contributed by atoms with E-state index < -0.39 is 0 Å². The Labute approximate surface area is 165 Å². The summed E-state index contributed by atoms with van der Waals surface area (Å²) >= 11 is 0. The van der Waals surface area contributed by atoms with Crippen molar-refractivity contribution in [2.45, 2.75) is 39.7 Å². The molecule has 0 saturated carbocycles. The van der Waals surface area contributed by atoms with Crippen LogP contribution in [0.2, 0.25) is 0 Å². The first-order chi connectivity index (χ1) is 13.2. The molecule has 0 amide bonds. The molecule has 0 heterocycles. The smallest absolute Gasteiger partial charge is 0.0577 e. The van der Waals surface area contributed by atoms with Gasteiger partial charge in [-0.15, -0.1) is 0 Å². The molecule has 0 spiro atoms. The third-order valence-electron chi connectivity index (χ3n) is 4.60. The maximum absolute atomic E-state index is 3.70. The third-order valence-corrected chi connectivity index (χ3v) is 4.60. The SMILES string of the molecule is CC(C)=CCC/C(C)=C/CNCCNC(c1ccccc1)c1ccccc1. The van der Waals surface area contributed by atoms with Gasteiger partial charge in [-0.05, 0) is 44.7 Å². The molecule has 0 aliphatic heterocycles. The van der Waals surface area contributed by atoms with Gasteiger partial charge in [-0.25, -0.2) is 0 Å². The van der Waals surface area contributed by atoms with Crippen molar-refractivity contribution in [3.05, 3.63) is 95.1 Å². The van der Waals surface area contributed by atoms with Crippen LogP contribution in [0.4, 0.5) is 0 Å². The fourth-order valence-electron chi connectivity index (χ4n) is 3.06. The van der Waals surface area contributed by atoms with Crippen LogP contribution in [0, 0.1) is 0 Å². The number of benzene rings is 2. The molecule has 144 valence electrons. The average Bonchev–Trinajstić information content (AvgIpc) is 2.68. The Morgan fingerprint density at radius 1 is 0.815 bits per heavy atom. The van der Waals surface area contributed by atoms with Gasteiger partial charge in [0.2, 0.25) is 0 Å². The molecule has 0 atom stereocenters. The topological polar surface area (TPSA) is 24.1 Å². The second kappa shape index (κ2) is 12.3. The summed E-state index contributed by atoms with van der Waals surface area (Å²) in [6.45, 7) is 9.35. The number of hydrogen-bond donors (Lipinski definition) is 2. The molecule has 0 aliphatic carbocycles. The van der Waals surface area contributed by atoms with Crippen molar-refractivity contribution in [1.82, 2.24) is 10.6 Å². The predicted octanol–water partition coefficient (Wildman–Crippen LogP) is 5.65. The van der Waals surface area contributed by atoms with Crippen molar-refractivity contribution in [2.24, 2.45) is 0 Å². The van der Waals surface area contributed by atoms with Crippen LogP contribution in [0.25, 0.3) is 0 Å². The number of nitrogens with one attached hydrogen (secondary N) is 2. The van der Waals surface area contributed by atoms with E-state index in [0.29, 0.717) is 0 Å². The highest BCUT2D eigenvalue weighted by atomic mass is 15.0. The molecule has 0 unspecified atom stereocenters. The molecule has 2 aromatic carbocycles. The van der Waals surface area contributed by atoms with Crippen molar-refractivity contribution in [3.8, 4) is 0 Å². The predicted molar refractivity (Wildman–Crippen MR) is 118 cm³/mol. The molecule has 0 fully saturated rings. The fraction of sp³-hybridized carbons (Fsp3) is 0.360. The van der Waals surface area contributed by atoms with Crippen LogP contribution >= 0.6 is 0 Å². The first-order valence-corrected chi connectivity index (χ1v) is 10.00. The van der Waals surface area contributed by atoms with Crippen LogP contribution in [-0.2, 0) is 0 Å². The van der Waals surface area contributed by atoms with Gasteiger partial charge in [0.15, 0.2) is 0 Å². The largest absolute Gasteiger partial charge is 0.312 e. The second-order valence-electron chi connectivity index (χ2n) is 7.28.